The van der Waals surface area contributed by atoms with Crippen molar-refractivity contribution in [3.05, 3.63) is 0 Å². The van der Waals surface area contributed by atoms with Gasteiger partial charge in [0.25, 0.3) is 0 Å². The van der Waals surface area contributed by atoms with E-state index in [1.807, 2.05) is 0 Å². The fourth-order valence-electron chi connectivity index (χ4n) is 0. The van der Waals surface area contributed by atoms with Crippen molar-refractivity contribution in [2.75, 3.05) is 0 Å². The molecule has 5 nitrogen and oxygen atoms in total. The topological polar surface area (TPSA) is 98.0 Å². The molecular weight excluding hydrogens is 165 g/mol. The van der Waals surface area contributed by atoms with Crippen LogP contribution < -0.4 is 0 Å². The maximum atomic E-state index is 8.46. The van der Waals surface area contributed by atoms with E-state index in [1.165, 1.54) is 0 Å². The van der Waals surface area contributed by atoms with Crippen LogP contribution in [0.1, 0.15) is 0 Å². The van der Waals surface area contributed by atoms with Crippen LogP contribution in [0.5, 0.6) is 0 Å². The van der Waals surface area contributed by atoms with Gasteiger partial charge in [-0.05, 0) is 0 Å². The molecule has 8 heteroatoms. The van der Waals surface area contributed by atoms with E-state index in [0.29, 0.717) is 0 Å². The molecule has 0 atom stereocenters. The summed E-state index contributed by atoms with van der Waals surface area (Å²) in [7, 11) is -3.45. The van der Waals surface area contributed by atoms with Crippen molar-refractivity contribution in [1.82, 2.24) is 0 Å². The molecule has 0 fully saturated rings. The predicted molar refractivity (Wildman–Crippen MR) is 30.6 cm³/mol. The van der Waals surface area contributed by atoms with Gasteiger partial charge in [-0.3, -0.25) is 0 Å². The van der Waals surface area contributed by atoms with Crippen LogP contribution in [0, 0.1) is 0 Å². The van der Waals surface area contributed by atoms with Crippen molar-refractivity contribution in [3.63, 3.8) is 0 Å². The average molecular weight is 170 g/mol. The maximum absolute atomic E-state index is 8.46. The van der Waals surface area contributed by atoms with E-state index in [2.05, 4.69) is 0 Å². The summed E-state index contributed by atoms with van der Waals surface area (Å²) in [4.78, 5) is 28.7. The Labute approximate surface area is 70.9 Å². The van der Waals surface area contributed by atoms with Gasteiger partial charge in [-0.1, -0.05) is 0 Å². The molecule has 0 aliphatic carbocycles. The van der Waals surface area contributed by atoms with Crippen molar-refractivity contribution < 1.29 is 24.1 Å². The van der Waals surface area contributed by atoms with Crippen molar-refractivity contribution in [2.45, 2.75) is 0 Å². The molecule has 4 N–H and O–H groups in total. The molecule has 0 unspecified atom stereocenters. The van der Waals surface area contributed by atoms with E-state index in [-0.39, 0.29) is 29.6 Å². The molecule has 0 aromatic carbocycles. The summed E-state index contributed by atoms with van der Waals surface area (Å²) in [6, 6.07) is 0. The summed E-state index contributed by atoms with van der Waals surface area (Å²) >= 11 is 0. The third-order valence-electron chi connectivity index (χ3n) is 0. The van der Waals surface area contributed by atoms with Crippen LogP contribution in [-0.2, 0) is 4.57 Å². The Bertz CT molecular complexity index is 34.7. The number of rotatable bonds is 0. The van der Waals surface area contributed by atoms with Crippen LogP contribution in [0.2, 0.25) is 0 Å². The molecule has 0 aromatic rings. The van der Waals surface area contributed by atoms with Gasteiger partial charge in [-0.2, -0.15) is 0 Å². The van der Waals surface area contributed by atoms with Gasteiger partial charge < -0.3 is 19.6 Å². The van der Waals surface area contributed by atoms with Gasteiger partial charge in [-0.15, -0.1) is 0 Å². The van der Waals surface area contributed by atoms with Crippen molar-refractivity contribution in [1.29, 1.82) is 0 Å². The Balaban J connectivity index is -0.0000000575. The minimum absolute atomic E-state index is 0. The van der Waals surface area contributed by atoms with Crippen LogP contribution >= 0.6 is 17.3 Å². The minimum atomic E-state index is -2.62. The second-order valence-corrected chi connectivity index (χ2v) is 1.05. The quantitative estimate of drug-likeness (QED) is 0.268. The fourth-order valence-corrected chi connectivity index (χ4v) is 0. The van der Waals surface area contributed by atoms with Crippen molar-refractivity contribution >= 4 is 46.8 Å². The first-order valence-electron chi connectivity index (χ1n) is 0.983. The molecule has 0 aliphatic heterocycles. The van der Waals surface area contributed by atoms with E-state index in [1.54, 1.807) is 0 Å². The summed E-state index contributed by atoms with van der Waals surface area (Å²) in [6.45, 7) is 0. The molecule has 0 amide bonds. The summed E-state index contributed by atoms with van der Waals surface area (Å²) < 4.78 is 8.46. The van der Waals surface area contributed by atoms with E-state index in [4.69, 9.17) is 24.1 Å². The number of hydrogen-bond donors (Lipinski definition) is 4. The van der Waals surface area contributed by atoms with Gasteiger partial charge >= 0.3 is 46.8 Å². The number of hydrogen-bond acceptors (Lipinski definition) is 4. The van der Waals surface area contributed by atoms with Gasteiger partial charge in [-0.25, -0.2) is 4.57 Å². The van der Waals surface area contributed by atoms with Crippen LogP contribution in [0.3, 0.4) is 0 Å². The zero-order valence-electron chi connectivity index (χ0n) is 3.09. The zero-order chi connectivity index (χ0) is 6.28. The van der Waals surface area contributed by atoms with Gasteiger partial charge in [0.15, 0.2) is 0 Å². The normalized spacial score (nSPS) is 7.12. The monoisotopic (exact) mass is 170 g/mol. The van der Waals surface area contributed by atoms with Crippen molar-refractivity contribution in [2.24, 2.45) is 0 Å². The molecule has 46 valence electrons. The molecule has 0 aromatic heterocycles. The van der Waals surface area contributed by atoms with Crippen LogP contribution in [-0.4, -0.2) is 49.1 Å². The first kappa shape index (κ1) is 16.2. The van der Waals surface area contributed by atoms with E-state index in [0.717, 1.165) is 0 Å². The Hall–Kier alpha value is 1.37. The SMILES string of the molecule is O=PO.OP(O)O.[NaH]. The molecule has 0 bridgehead atoms. The predicted octanol–water partition coefficient (Wildman–Crippen LogP) is -1.27. The fraction of sp³-hybridized carbons (Fsp3) is 0. The summed E-state index contributed by atoms with van der Waals surface area (Å²) in [5.41, 5.74) is 0. The molecule has 0 rings (SSSR count). The third kappa shape index (κ3) is 159. The molecule has 0 heterocycles. The van der Waals surface area contributed by atoms with Gasteiger partial charge in [0.2, 0.25) is 0 Å². The van der Waals surface area contributed by atoms with Crippen LogP contribution in [0.25, 0.3) is 0 Å². The Morgan fingerprint density at radius 1 is 1.25 bits per heavy atom. The first-order chi connectivity index (χ1) is 3.15. The van der Waals surface area contributed by atoms with Crippen molar-refractivity contribution in [3.8, 4) is 0 Å². The molecule has 0 radical (unpaired) electrons. The van der Waals surface area contributed by atoms with Gasteiger partial charge in [0.1, 0.15) is 0 Å². The molecular formula is H5NaO5P2. The average Bonchev–Trinajstić information content (AvgIpc) is 1.33. The standard InChI is InChI=1S/Na.H3O3P.HO2P.H/c;1-4(2)3;1-3-2;/h;1-3H;(H,1,2);. The molecule has 8 heavy (non-hydrogen) atoms. The molecule has 0 spiro atoms. The molecule has 0 saturated heterocycles. The summed E-state index contributed by atoms with van der Waals surface area (Å²) in [6.07, 6.45) is 0. The van der Waals surface area contributed by atoms with Gasteiger partial charge in [0.05, 0.1) is 0 Å². The molecule has 0 aliphatic rings. The molecule has 0 saturated carbocycles. The third-order valence-corrected chi connectivity index (χ3v) is 0. The van der Waals surface area contributed by atoms with E-state index in [9.17, 15) is 0 Å². The summed E-state index contributed by atoms with van der Waals surface area (Å²) in [5, 5.41) is 0. The Morgan fingerprint density at radius 3 is 1.25 bits per heavy atom. The summed E-state index contributed by atoms with van der Waals surface area (Å²) in [5.74, 6) is 0. The second kappa shape index (κ2) is 15.8. The Morgan fingerprint density at radius 2 is 1.25 bits per heavy atom. The second-order valence-electron chi connectivity index (χ2n) is 0.350. The Kier molecular flexibility index (Phi) is 31.9. The van der Waals surface area contributed by atoms with E-state index >= 15 is 0 Å². The van der Waals surface area contributed by atoms with Crippen LogP contribution in [0.4, 0.5) is 0 Å². The van der Waals surface area contributed by atoms with E-state index < -0.39 is 17.3 Å². The zero-order valence-corrected chi connectivity index (χ0v) is 4.88. The first-order valence-corrected chi connectivity index (χ1v) is 2.95. The van der Waals surface area contributed by atoms with Gasteiger partial charge in [0, 0.05) is 0 Å². The van der Waals surface area contributed by atoms with Crippen LogP contribution in [0.15, 0.2) is 0 Å².